The highest BCUT2D eigenvalue weighted by Gasteiger charge is 2.30. The number of nitrogens with zero attached hydrogens (tertiary/aromatic N) is 3. The Labute approximate surface area is 179 Å². The number of carbonyl (C=O) groups is 2. The molecule has 0 unspecified atom stereocenters. The van der Waals surface area contributed by atoms with E-state index in [2.05, 4.69) is 16.3 Å². The van der Waals surface area contributed by atoms with E-state index >= 15 is 0 Å². The fourth-order valence-electron chi connectivity index (χ4n) is 4.28. The van der Waals surface area contributed by atoms with Crippen LogP contribution in [0.1, 0.15) is 24.8 Å². The standard InChI is InChI=1S/C20H28N4O2.2ClH/c25-19(24-10-8-16-5-1-2-7-18(16)24)15-22-11-13-23(14-12-22)20(26)17-6-3-4-9-21-17;;/h1-2,5,7,17,21H,3-4,6,8-15H2;2*1H/t17-;;/m1../s1. The molecule has 0 bridgehead atoms. The molecule has 3 heterocycles. The van der Waals surface area contributed by atoms with Crippen molar-refractivity contribution in [3.05, 3.63) is 29.8 Å². The van der Waals surface area contributed by atoms with Crippen LogP contribution in [0.25, 0.3) is 0 Å². The lowest BCUT2D eigenvalue weighted by molar-refractivity contribution is -0.136. The SMILES string of the molecule is Cl.Cl.O=C([C@H]1CCCCN1)N1CCN(CC(=O)N2CCc3ccccc32)CC1. The van der Waals surface area contributed by atoms with Gasteiger partial charge in [-0.15, -0.1) is 24.8 Å². The zero-order valence-corrected chi connectivity index (χ0v) is 17.8. The molecule has 0 spiro atoms. The fourth-order valence-corrected chi connectivity index (χ4v) is 4.28. The van der Waals surface area contributed by atoms with Crippen LogP contribution in [0.5, 0.6) is 0 Å². The van der Waals surface area contributed by atoms with E-state index in [-0.39, 0.29) is 42.7 Å². The van der Waals surface area contributed by atoms with E-state index in [1.165, 1.54) is 12.0 Å². The molecule has 1 aromatic carbocycles. The summed E-state index contributed by atoms with van der Waals surface area (Å²) in [6.07, 6.45) is 4.19. The maximum atomic E-state index is 12.7. The molecule has 6 nitrogen and oxygen atoms in total. The Hall–Kier alpha value is -1.34. The molecule has 1 N–H and O–H groups in total. The molecule has 3 aliphatic rings. The minimum atomic E-state index is -0.00182. The Balaban J connectivity index is 0.00000140. The number of rotatable bonds is 3. The molecule has 0 aromatic heterocycles. The average molecular weight is 429 g/mol. The quantitative estimate of drug-likeness (QED) is 0.795. The molecular formula is C20H30Cl2N4O2. The monoisotopic (exact) mass is 428 g/mol. The van der Waals surface area contributed by atoms with Crippen LogP contribution in [0.3, 0.4) is 0 Å². The van der Waals surface area contributed by atoms with Crippen LogP contribution in [-0.4, -0.2) is 73.5 Å². The summed E-state index contributed by atoms with van der Waals surface area (Å²) in [5.41, 5.74) is 2.32. The van der Waals surface area contributed by atoms with Crippen molar-refractivity contribution in [1.29, 1.82) is 0 Å². The van der Waals surface area contributed by atoms with Crippen LogP contribution in [0.4, 0.5) is 5.69 Å². The molecule has 4 rings (SSSR count). The summed E-state index contributed by atoms with van der Waals surface area (Å²) in [5, 5.41) is 3.34. The number of halogens is 2. The first-order valence-electron chi connectivity index (χ1n) is 9.85. The van der Waals surface area contributed by atoms with Gasteiger partial charge < -0.3 is 15.1 Å². The van der Waals surface area contributed by atoms with E-state index in [0.717, 1.165) is 64.2 Å². The molecule has 8 heteroatoms. The largest absolute Gasteiger partial charge is 0.339 e. The van der Waals surface area contributed by atoms with Crippen LogP contribution in [0.15, 0.2) is 24.3 Å². The topological polar surface area (TPSA) is 55.9 Å². The summed E-state index contributed by atoms with van der Waals surface area (Å²) in [5.74, 6) is 0.410. The van der Waals surface area contributed by atoms with E-state index < -0.39 is 0 Å². The van der Waals surface area contributed by atoms with Gasteiger partial charge in [-0.2, -0.15) is 0 Å². The predicted octanol–water partition coefficient (Wildman–Crippen LogP) is 1.71. The zero-order chi connectivity index (χ0) is 17.9. The maximum absolute atomic E-state index is 12.7. The number of piperazine rings is 1. The average Bonchev–Trinajstić information content (AvgIpc) is 3.13. The molecule has 156 valence electrons. The lowest BCUT2D eigenvalue weighted by Crippen LogP contribution is -2.56. The van der Waals surface area contributed by atoms with Gasteiger partial charge in [0.2, 0.25) is 11.8 Å². The van der Waals surface area contributed by atoms with E-state index in [1.807, 2.05) is 28.0 Å². The maximum Gasteiger partial charge on any atom is 0.241 e. The van der Waals surface area contributed by atoms with Crippen LogP contribution in [-0.2, 0) is 16.0 Å². The molecule has 0 saturated carbocycles. The molecular weight excluding hydrogens is 399 g/mol. The van der Waals surface area contributed by atoms with Crippen molar-refractivity contribution in [2.24, 2.45) is 0 Å². The molecule has 0 aliphatic carbocycles. The molecule has 2 saturated heterocycles. The van der Waals surface area contributed by atoms with Gasteiger partial charge in [-0.05, 0) is 37.4 Å². The van der Waals surface area contributed by atoms with Crippen molar-refractivity contribution in [1.82, 2.24) is 15.1 Å². The van der Waals surface area contributed by atoms with Crippen molar-refractivity contribution in [2.45, 2.75) is 31.7 Å². The first kappa shape index (κ1) is 22.9. The Morgan fingerprint density at radius 2 is 1.75 bits per heavy atom. The van der Waals surface area contributed by atoms with Gasteiger partial charge in [-0.3, -0.25) is 14.5 Å². The molecule has 28 heavy (non-hydrogen) atoms. The summed E-state index contributed by atoms with van der Waals surface area (Å²) in [4.78, 5) is 31.4. The highest BCUT2D eigenvalue weighted by molar-refractivity contribution is 5.96. The number of piperidine rings is 1. The third-order valence-corrected chi connectivity index (χ3v) is 5.84. The van der Waals surface area contributed by atoms with Gasteiger partial charge in [-0.1, -0.05) is 24.6 Å². The third kappa shape index (κ3) is 4.98. The minimum absolute atomic E-state index is 0. The summed E-state index contributed by atoms with van der Waals surface area (Å²) in [6, 6.07) is 8.16. The van der Waals surface area contributed by atoms with E-state index in [0.29, 0.717) is 6.54 Å². The van der Waals surface area contributed by atoms with E-state index in [1.54, 1.807) is 0 Å². The zero-order valence-electron chi connectivity index (χ0n) is 16.1. The predicted molar refractivity (Wildman–Crippen MR) is 116 cm³/mol. The van der Waals surface area contributed by atoms with Crippen LogP contribution < -0.4 is 10.2 Å². The van der Waals surface area contributed by atoms with Crippen molar-refractivity contribution >= 4 is 42.3 Å². The molecule has 1 atom stereocenters. The third-order valence-electron chi connectivity index (χ3n) is 5.84. The summed E-state index contributed by atoms with van der Waals surface area (Å²) >= 11 is 0. The summed E-state index contributed by atoms with van der Waals surface area (Å²) in [6.45, 7) is 5.17. The number of amides is 2. The van der Waals surface area contributed by atoms with Gasteiger partial charge in [0.25, 0.3) is 0 Å². The highest BCUT2D eigenvalue weighted by Crippen LogP contribution is 2.27. The number of para-hydroxylation sites is 1. The van der Waals surface area contributed by atoms with Gasteiger partial charge in [0.1, 0.15) is 0 Å². The van der Waals surface area contributed by atoms with Gasteiger partial charge in [0, 0.05) is 38.4 Å². The number of fused-ring (bicyclic) bond motifs is 1. The number of nitrogens with one attached hydrogen (secondary N) is 1. The minimum Gasteiger partial charge on any atom is -0.339 e. The van der Waals surface area contributed by atoms with Gasteiger partial charge in [0.15, 0.2) is 0 Å². The highest BCUT2D eigenvalue weighted by atomic mass is 35.5. The number of benzene rings is 1. The second-order valence-electron chi connectivity index (χ2n) is 7.53. The molecule has 1 aromatic rings. The lowest BCUT2D eigenvalue weighted by atomic mass is 10.0. The first-order valence-corrected chi connectivity index (χ1v) is 9.85. The van der Waals surface area contributed by atoms with E-state index in [4.69, 9.17) is 0 Å². The Morgan fingerprint density at radius 1 is 1.00 bits per heavy atom. The Bertz CT molecular complexity index is 674. The van der Waals surface area contributed by atoms with Gasteiger partial charge in [-0.25, -0.2) is 0 Å². The lowest BCUT2D eigenvalue weighted by Gasteiger charge is -2.37. The van der Waals surface area contributed by atoms with Crippen molar-refractivity contribution in [3.8, 4) is 0 Å². The normalized spacial score (nSPS) is 22.1. The summed E-state index contributed by atoms with van der Waals surface area (Å²) < 4.78 is 0. The number of carbonyl (C=O) groups excluding carboxylic acids is 2. The van der Waals surface area contributed by atoms with Crippen LogP contribution >= 0.6 is 24.8 Å². The molecule has 3 aliphatic heterocycles. The number of hydrogen-bond acceptors (Lipinski definition) is 4. The molecule has 0 radical (unpaired) electrons. The first-order chi connectivity index (χ1) is 12.7. The smallest absolute Gasteiger partial charge is 0.241 e. The number of anilines is 1. The summed E-state index contributed by atoms with van der Waals surface area (Å²) in [7, 11) is 0. The van der Waals surface area contributed by atoms with Crippen molar-refractivity contribution in [2.75, 3.05) is 50.7 Å². The van der Waals surface area contributed by atoms with E-state index in [9.17, 15) is 9.59 Å². The Kier molecular flexibility index (Phi) is 8.56. The van der Waals surface area contributed by atoms with Crippen LogP contribution in [0.2, 0.25) is 0 Å². The molecule has 2 fully saturated rings. The van der Waals surface area contributed by atoms with Crippen LogP contribution in [0, 0.1) is 0 Å². The molecule has 2 amide bonds. The van der Waals surface area contributed by atoms with Gasteiger partial charge in [0.05, 0.1) is 12.6 Å². The van der Waals surface area contributed by atoms with Crippen molar-refractivity contribution < 1.29 is 9.59 Å². The van der Waals surface area contributed by atoms with Gasteiger partial charge >= 0.3 is 0 Å². The van der Waals surface area contributed by atoms with Crippen molar-refractivity contribution in [3.63, 3.8) is 0 Å². The Morgan fingerprint density at radius 3 is 2.46 bits per heavy atom. The fraction of sp³-hybridized carbons (Fsp3) is 0.600. The second kappa shape index (κ2) is 10.4. The number of hydrogen-bond donors (Lipinski definition) is 1. The second-order valence-corrected chi connectivity index (χ2v) is 7.53.